The van der Waals surface area contributed by atoms with Crippen molar-refractivity contribution in [2.24, 2.45) is 7.05 Å². The third kappa shape index (κ3) is 2.94. The quantitative estimate of drug-likeness (QED) is 0.708. The van der Waals surface area contributed by atoms with Crippen LogP contribution in [0.2, 0.25) is 0 Å². The van der Waals surface area contributed by atoms with E-state index in [0.717, 1.165) is 5.69 Å². The van der Waals surface area contributed by atoms with Crippen LogP contribution in [0.4, 0.5) is 0 Å². The van der Waals surface area contributed by atoms with Gasteiger partial charge in [0.2, 0.25) is 5.91 Å². The molecule has 1 amide bonds. The maximum absolute atomic E-state index is 11.9. The summed E-state index contributed by atoms with van der Waals surface area (Å²) in [5.74, 6) is 0.0290. The van der Waals surface area contributed by atoms with E-state index in [4.69, 9.17) is 4.74 Å². The number of carbonyl (C=O) groups excluding carboxylic acids is 1. The first-order valence-corrected chi connectivity index (χ1v) is 5.73. The first kappa shape index (κ1) is 11.9. The molecule has 1 aliphatic rings. The van der Waals surface area contributed by atoms with E-state index >= 15 is 0 Å². The summed E-state index contributed by atoms with van der Waals surface area (Å²) in [6.45, 7) is 3.92. The van der Waals surface area contributed by atoms with E-state index in [1.807, 2.05) is 20.0 Å². The molecule has 17 heavy (non-hydrogen) atoms. The molecule has 1 aromatic heterocycles. The number of ether oxygens (including phenoxy) is 1. The maximum atomic E-state index is 11.9. The van der Waals surface area contributed by atoms with Gasteiger partial charge < -0.3 is 9.64 Å². The number of carbonyl (C=O) groups is 1. The molecule has 1 aromatic rings. The number of aromatic nitrogens is 2. The van der Waals surface area contributed by atoms with Crippen LogP contribution in [-0.4, -0.2) is 46.4 Å². The lowest BCUT2D eigenvalue weighted by Gasteiger charge is -2.30. The van der Waals surface area contributed by atoms with E-state index in [2.05, 4.69) is 5.10 Å². The van der Waals surface area contributed by atoms with Crippen LogP contribution in [0.15, 0.2) is 18.3 Å². The number of amides is 1. The lowest BCUT2D eigenvalue weighted by atomic mass is 10.3. The molecule has 0 saturated carbocycles. The normalized spacial score (nSPS) is 21.1. The van der Waals surface area contributed by atoms with Gasteiger partial charge in [0, 0.05) is 32.4 Å². The van der Waals surface area contributed by atoms with Gasteiger partial charge in [0.25, 0.3) is 0 Å². The standard InChI is InChI=1S/C12H17N3O2/c1-10-9-15(7-8-17-10)12(16)4-3-11-5-6-13-14(11)2/h3-6,10H,7-9H2,1-2H3/b4-3+. The van der Waals surface area contributed by atoms with Crippen molar-refractivity contribution in [2.75, 3.05) is 19.7 Å². The van der Waals surface area contributed by atoms with Crippen LogP contribution in [0, 0.1) is 0 Å². The van der Waals surface area contributed by atoms with Crippen LogP contribution in [0.5, 0.6) is 0 Å². The fraction of sp³-hybridized carbons (Fsp3) is 0.500. The topological polar surface area (TPSA) is 47.4 Å². The summed E-state index contributed by atoms with van der Waals surface area (Å²) >= 11 is 0. The Balaban J connectivity index is 1.97. The molecule has 0 aliphatic carbocycles. The van der Waals surface area contributed by atoms with E-state index in [9.17, 15) is 4.79 Å². The SMILES string of the molecule is CC1CN(C(=O)/C=C/c2ccnn2C)CCO1. The summed E-state index contributed by atoms with van der Waals surface area (Å²) in [6.07, 6.45) is 5.21. The molecule has 1 atom stereocenters. The average molecular weight is 235 g/mol. The molecule has 1 saturated heterocycles. The molecule has 0 spiro atoms. The Morgan fingerprint density at radius 2 is 2.47 bits per heavy atom. The molecule has 0 radical (unpaired) electrons. The Bertz CT molecular complexity index is 425. The lowest BCUT2D eigenvalue weighted by molar-refractivity contribution is -0.132. The second kappa shape index (κ2) is 5.14. The number of nitrogens with zero attached hydrogens (tertiary/aromatic N) is 3. The summed E-state index contributed by atoms with van der Waals surface area (Å²) in [6, 6.07) is 1.87. The Labute approximate surface area is 101 Å². The third-order valence-electron chi connectivity index (χ3n) is 2.81. The minimum Gasteiger partial charge on any atom is -0.375 e. The first-order valence-electron chi connectivity index (χ1n) is 5.73. The molecular weight excluding hydrogens is 218 g/mol. The van der Waals surface area contributed by atoms with Crippen molar-refractivity contribution < 1.29 is 9.53 Å². The van der Waals surface area contributed by atoms with Gasteiger partial charge in [-0.1, -0.05) is 0 Å². The lowest BCUT2D eigenvalue weighted by Crippen LogP contribution is -2.43. The number of hydrogen-bond acceptors (Lipinski definition) is 3. The first-order chi connectivity index (χ1) is 8.16. The van der Waals surface area contributed by atoms with Crippen molar-refractivity contribution >= 4 is 12.0 Å². The number of morpholine rings is 1. The largest absolute Gasteiger partial charge is 0.375 e. The van der Waals surface area contributed by atoms with E-state index in [1.54, 1.807) is 27.9 Å². The molecule has 5 nitrogen and oxygen atoms in total. The van der Waals surface area contributed by atoms with E-state index < -0.39 is 0 Å². The molecule has 1 unspecified atom stereocenters. The molecule has 0 bridgehead atoms. The highest BCUT2D eigenvalue weighted by molar-refractivity contribution is 5.91. The minimum atomic E-state index is 0.0290. The van der Waals surface area contributed by atoms with Crippen molar-refractivity contribution in [1.29, 1.82) is 0 Å². The molecular formula is C12H17N3O2. The maximum Gasteiger partial charge on any atom is 0.246 e. The smallest absolute Gasteiger partial charge is 0.246 e. The van der Waals surface area contributed by atoms with Gasteiger partial charge in [-0.05, 0) is 19.1 Å². The predicted octanol–water partition coefficient (Wildman–Crippen LogP) is 0.681. The second-order valence-corrected chi connectivity index (χ2v) is 4.18. The monoisotopic (exact) mass is 235 g/mol. The number of aryl methyl sites for hydroxylation is 1. The molecule has 1 fully saturated rings. The molecule has 1 aliphatic heterocycles. The van der Waals surface area contributed by atoms with E-state index in [1.165, 1.54) is 0 Å². The van der Waals surface area contributed by atoms with Crippen molar-refractivity contribution in [3.63, 3.8) is 0 Å². The molecule has 5 heteroatoms. The van der Waals surface area contributed by atoms with Crippen molar-refractivity contribution in [1.82, 2.24) is 14.7 Å². The Morgan fingerprint density at radius 1 is 1.65 bits per heavy atom. The van der Waals surface area contributed by atoms with Crippen LogP contribution >= 0.6 is 0 Å². The van der Waals surface area contributed by atoms with Gasteiger partial charge in [-0.3, -0.25) is 9.48 Å². The predicted molar refractivity (Wildman–Crippen MR) is 64.2 cm³/mol. The number of hydrogen-bond donors (Lipinski definition) is 0. The van der Waals surface area contributed by atoms with Crippen molar-refractivity contribution in [3.05, 3.63) is 24.0 Å². The van der Waals surface area contributed by atoms with Crippen LogP contribution in [-0.2, 0) is 16.6 Å². The highest BCUT2D eigenvalue weighted by atomic mass is 16.5. The summed E-state index contributed by atoms with van der Waals surface area (Å²) in [5.41, 5.74) is 0.916. The zero-order valence-corrected chi connectivity index (χ0v) is 10.2. The van der Waals surface area contributed by atoms with Gasteiger partial charge in [0.1, 0.15) is 0 Å². The van der Waals surface area contributed by atoms with Gasteiger partial charge >= 0.3 is 0 Å². The number of rotatable bonds is 2. The third-order valence-corrected chi connectivity index (χ3v) is 2.81. The summed E-state index contributed by atoms with van der Waals surface area (Å²) in [4.78, 5) is 13.7. The highest BCUT2D eigenvalue weighted by Gasteiger charge is 2.19. The zero-order valence-electron chi connectivity index (χ0n) is 10.2. The van der Waals surface area contributed by atoms with Crippen molar-refractivity contribution in [3.8, 4) is 0 Å². The molecule has 0 aromatic carbocycles. The minimum absolute atomic E-state index is 0.0290. The summed E-state index contributed by atoms with van der Waals surface area (Å²) in [5, 5.41) is 4.04. The molecule has 2 rings (SSSR count). The van der Waals surface area contributed by atoms with Crippen LogP contribution in [0.1, 0.15) is 12.6 Å². The van der Waals surface area contributed by atoms with Gasteiger partial charge in [-0.25, -0.2) is 0 Å². The second-order valence-electron chi connectivity index (χ2n) is 4.18. The highest BCUT2D eigenvalue weighted by Crippen LogP contribution is 2.06. The van der Waals surface area contributed by atoms with E-state index in [-0.39, 0.29) is 12.0 Å². The average Bonchev–Trinajstić information content (AvgIpc) is 2.72. The van der Waals surface area contributed by atoms with E-state index in [0.29, 0.717) is 19.7 Å². The molecule has 0 N–H and O–H groups in total. The van der Waals surface area contributed by atoms with Gasteiger partial charge in [0.05, 0.1) is 18.4 Å². The molecule has 2 heterocycles. The van der Waals surface area contributed by atoms with Crippen molar-refractivity contribution in [2.45, 2.75) is 13.0 Å². The summed E-state index contributed by atoms with van der Waals surface area (Å²) < 4.78 is 7.12. The van der Waals surface area contributed by atoms with Gasteiger partial charge in [-0.15, -0.1) is 0 Å². The Morgan fingerprint density at radius 3 is 3.12 bits per heavy atom. The zero-order chi connectivity index (χ0) is 12.3. The van der Waals surface area contributed by atoms with Gasteiger partial charge in [0.15, 0.2) is 0 Å². The van der Waals surface area contributed by atoms with Crippen LogP contribution in [0.25, 0.3) is 6.08 Å². The fourth-order valence-electron chi connectivity index (χ4n) is 1.83. The van der Waals surface area contributed by atoms with Crippen LogP contribution < -0.4 is 0 Å². The van der Waals surface area contributed by atoms with Gasteiger partial charge in [-0.2, -0.15) is 5.10 Å². The van der Waals surface area contributed by atoms with Crippen LogP contribution in [0.3, 0.4) is 0 Å². The fourth-order valence-corrected chi connectivity index (χ4v) is 1.83. The Hall–Kier alpha value is -1.62. The Kier molecular flexibility index (Phi) is 3.58. The summed E-state index contributed by atoms with van der Waals surface area (Å²) in [7, 11) is 1.85. The molecule has 92 valence electrons.